The fraction of sp³-hybridized carbons (Fsp3) is 1.00. The molecule has 0 radical (unpaired) electrons. The molecule has 0 spiro atoms. The normalized spacial score (nSPS) is 46.4. The van der Waals surface area contributed by atoms with Gasteiger partial charge in [0.1, 0.15) is 6.10 Å². The molecule has 5 heteroatoms. The monoisotopic (exact) mass is 192 g/mol. The molecule has 0 heterocycles. The Morgan fingerprint density at radius 2 is 1.54 bits per heavy atom. The van der Waals surface area contributed by atoms with Crippen molar-refractivity contribution >= 4 is 0 Å². The van der Waals surface area contributed by atoms with Gasteiger partial charge in [-0.3, -0.25) is 0 Å². The van der Waals surface area contributed by atoms with Crippen LogP contribution >= 0.6 is 0 Å². The van der Waals surface area contributed by atoms with E-state index in [9.17, 15) is 15.3 Å². The summed E-state index contributed by atoms with van der Waals surface area (Å²) in [4.78, 5) is 0. The lowest BCUT2D eigenvalue weighted by Crippen LogP contribution is -2.52. The van der Waals surface area contributed by atoms with Crippen molar-refractivity contribution in [3.63, 3.8) is 0 Å². The van der Waals surface area contributed by atoms with Crippen molar-refractivity contribution in [2.75, 3.05) is 13.2 Å². The van der Waals surface area contributed by atoms with E-state index >= 15 is 0 Å². The second kappa shape index (κ2) is 4.34. The molecule has 0 saturated heterocycles. The molecule has 1 fully saturated rings. The maximum atomic E-state index is 9.43. The van der Waals surface area contributed by atoms with Gasteiger partial charge in [-0.25, -0.2) is 0 Å². The molecule has 5 atom stereocenters. The van der Waals surface area contributed by atoms with E-state index in [1.54, 1.807) is 0 Å². The van der Waals surface area contributed by atoms with E-state index in [2.05, 4.69) is 0 Å². The lowest BCUT2D eigenvalue weighted by molar-refractivity contribution is -0.144. The third-order valence-corrected chi connectivity index (χ3v) is 2.78. The van der Waals surface area contributed by atoms with Crippen LogP contribution in [0.25, 0.3) is 0 Å². The molecule has 5 nitrogen and oxygen atoms in total. The molecular weight excluding hydrogens is 176 g/mol. The van der Waals surface area contributed by atoms with E-state index < -0.39 is 24.2 Å². The van der Waals surface area contributed by atoms with Gasteiger partial charge in [-0.05, 0) is 12.3 Å². The van der Waals surface area contributed by atoms with Gasteiger partial charge < -0.3 is 25.5 Å². The van der Waals surface area contributed by atoms with Gasteiger partial charge in [0.25, 0.3) is 0 Å². The highest BCUT2D eigenvalue weighted by Gasteiger charge is 2.41. The van der Waals surface area contributed by atoms with Gasteiger partial charge in [0.05, 0.1) is 12.2 Å². The van der Waals surface area contributed by atoms with Gasteiger partial charge in [0.2, 0.25) is 0 Å². The van der Waals surface area contributed by atoms with E-state index in [0.29, 0.717) is 0 Å². The van der Waals surface area contributed by atoms with Crippen LogP contribution in [0.5, 0.6) is 0 Å². The Kier molecular flexibility index (Phi) is 3.63. The van der Waals surface area contributed by atoms with Crippen molar-refractivity contribution in [3.8, 4) is 0 Å². The van der Waals surface area contributed by atoms with Crippen LogP contribution in [0.2, 0.25) is 0 Å². The van der Waals surface area contributed by atoms with Crippen molar-refractivity contribution in [1.29, 1.82) is 0 Å². The van der Waals surface area contributed by atoms with Gasteiger partial charge >= 0.3 is 0 Å². The van der Waals surface area contributed by atoms with Gasteiger partial charge in [-0.2, -0.15) is 0 Å². The minimum absolute atomic E-state index is 0.202. The Labute approximate surface area is 76.3 Å². The molecule has 0 aromatic heterocycles. The molecule has 1 saturated carbocycles. The summed E-state index contributed by atoms with van der Waals surface area (Å²) in [6.45, 7) is -0.498. The summed E-state index contributed by atoms with van der Waals surface area (Å²) in [6.07, 6.45) is -3.19. The molecule has 0 amide bonds. The summed E-state index contributed by atoms with van der Waals surface area (Å²) in [6, 6.07) is 0. The fourth-order valence-electron chi connectivity index (χ4n) is 1.85. The smallest absolute Gasteiger partial charge is 0.106 e. The van der Waals surface area contributed by atoms with E-state index in [-0.39, 0.29) is 25.6 Å². The van der Waals surface area contributed by atoms with Crippen LogP contribution in [0, 0.1) is 11.8 Å². The Hall–Kier alpha value is -0.200. The SMILES string of the molecule is OC[C@H]1C[C@H](O)[C@H](O)[C@H](O)[C@H]1CO. The van der Waals surface area contributed by atoms with Crippen LogP contribution < -0.4 is 0 Å². The molecule has 1 rings (SSSR count). The van der Waals surface area contributed by atoms with Gasteiger partial charge in [-0.1, -0.05) is 0 Å². The largest absolute Gasteiger partial charge is 0.396 e. The zero-order valence-corrected chi connectivity index (χ0v) is 7.24. The van der Waals surface area contributed by atoms with Crippen molar-refractivity contribution in [3.05, 3.63) is 0 Å². The topological polar surface area (TPSA) is 101 Å². The molecule has 5 N–H and O–H groups in total. The minimum atomic E-state index is -1.22. The van der Waals surface area contributed by atoms with Gasteiger partial charge in [-0.15, -0.1) is 0 Å². The van der Waals surface area contributed by atoms with Crippen LogP contribution in [0.4, 0.5) is 0 Å². The predicted octanol–water partition coefficient (Wildman–Crippen LogP) is -2.31. The first-order valence-electron chi connectivity index (χ1n) is 4.37. The van der Waals surface area contributed by atoms with E-state index in [1.807, 2.05) is 0 Å². The standard InChI is InChI=1S/C8H16O5/c9-2-4-1-6(11)8(13)7(12)5(4)3-10/h4-13H,1-3H2/t4-,5+,6+,7-,8+/m1/s1. The minimum Gasteiger partial charge on any atom is -0.396 e. The molecule has 0 unspecified atom stereocenters. The first-order valence-corrected chi connectivity index (χ1v) is 4.37. The van der Waals surface area contributed by atoms with Crippen molar-refractivity contribution < 1.29 is 25.5 Å². The molecule has 13 heavy (non-hydrogen) atoms. The average molecular weight is 192 g/mol. The van der Waals surface area contributed by atoms with Crippen LogP contribution in [0.15, 0.2) is 0 Å². The summed E-state index contributed by atoms with van der Waals surface area (Å²) in [5.74, 6) is -0.901. The molecule has 0 aliphatic heterocycles. The number of aliphatic hydroxyl groups excluding tert-OH is 5. The Morgan fingerprint density at radius 3 is 2.00 bits per heavy atom. The summed E-state index contributed by atoms with van der Waals surface area (Å²) >= 11 is 0. The maximum Gasteiger partial charge on any atom is 0.106 e. The Bertz CT molecular complexity index is 161. The van der Waals surface area contributed by atoms with Crippen molar-refractivity contribution in [1.82, 2.24) is 0 Å². The number of rotatable bonds is 2. The molecule has 0 bridgehead atoms. The quantitative estimate of drug-likeness (QED) is 0.338. The number of hydrogen-bond donors (Lipinski definition) is 5. The first kappa shape index (κ1) is 10.9. The van der Waals surface area contributed by atoms with Gasteiger partial charge in [0, 0.05) is 19.1 Å². The first-order chi connectivity index (χ1) is 6.11. The molecule has 0 aromatic rings. The van der Waals surface area contributed by atoms with Crippen molar-refractivity contribution in [2.24, 2.45) is 11.8 Å². The summed E-state index contributed by atoms with van der Waals surface area (Å²) in [5, 5.41) is 45.8. The van der Waals surface area contributed by atoms with Gasteiger partial charge in [0.15, 0.2) is 0 Å². The average Bonchev–Trinajstić information content (AvgIpc) is 2.13. The highest BCUT2D eigenvalue weighted by molar-refractivity contribution is 4.91. The Morgan fingerprint density at radius 1 is 0.923 bits per heavy atom. The Balaban J connectivity index is 2.69. The van der Waals surface area contributed by atoms with Crippen molar-refractivity contribution in [2.45, 2.75) is 24.7 Å². The summed E-state index contributed by atoms with van der Waals surface area (Å²) in [5.41, 5.74) is 0. The lowest BCUT2D eigenvalue weighted by Gasteiger charge is -2.39. The van der Waals surface area contributed by atoms with Crippen LogP contribution in [0.1, 0.15) is 6.42 Å². The summed E-state index contributed by atoms with van der Waals surface area (Å²) in [7, 11) is 0. The zero-order valence-electron chi connectivity index (χ0n) is 7.24. The number of hydrogen-bond acceptors (Lipinski definition) is 5. The van der Waals surface area contributed by atoms with E-state index in [4.69, 9.17) is 10.2 Å². The predicted molar refractivity (Wildman–Crippen MR) is 43.8 cm³/mol. The highest BCUT2D eigenvalue weighted by atomic mass is 16.4. The lowest BCUT2D eigenvalue weighted by atomic mass is 9.75. The second-order valence-corrected chi connectivity index (χ2v) is 3.57. The highest BCUT2D eigenvalue weighted by Crippen LogP contribution is 2.30. The molecular formula is C8H16O5. The molecule has 78 valence electrons. The molecule has 0 aromatic carbocycles. The molecule has 1 aliphatic rings. The maximum absolute atomic E-state index is 9.43. The third kappa shape index (κ3) is 2.00. The number of aliphatic hydroxyl groups is 5. The second-order valence-electron chi connectivity index (χ2n) is 3.57. The third-order valence-electron chi connectivity index (χ3n) is 2.78. The van der Waals surface area contributed by atoms with Crippen LogP contribution in [-0.4, -0.2) is 57.1 Å². The fourth-order valence-corrected chi connectivity index (χ4v) is 1.85. The van der Waals surface area contributed by atoms with Crippen LogP contribution in [-0.2, 0) is 0 Å². The summed E-state index contributed by atoms with van der Waals surface area (Å²) < 4.78 is 0. The van der Waals surface area contributed by atoms with Crippen LogP contribution in [0.3, 0.4) is 0 Å². The van der Waals surface area contributed by atoms with E-state index in [0.717, 1.165) is 0 Å². The zero-order chi connectivity index (χ0) is 10.0. The van der Waals surface area contributed by atoms with E-state index in [1.165, 1.54) is 0 Å². The molecule has 1 aliphatic carbocycles.